The smallest absolute Gasteiger partial charge is 0.243 e. The number of carbonyl (C=O) groups excluding carboxylic acids is 1. The van der Waals surface area contributed by atoms with Crippen LogP contribution in [0.15, 0.2) is 70.2 Å². The fraction of sp³-hybridized carbons (Fsp3) is 0.292. The summed E-state index contributed by atoms with van der Waals surface area (Å²) in [6.45, 7) is 3.72. The lowest BCUT2D eigenvalue weighted by molar-refractivity contribution is -0.133. The average Bonchev–Trinajstić information content (AvgIpc) is 3.48. The normalized spacial score (nSPS) is 13.0. The third-order valence-corrected chi connectivity index (χ3v) is 7.67. The van der Waals surface area contributed by atoms with Crippen molar-refractivity contribution in [3.63, 3.8) is 0 Å². The topological polar surface area (TPSA) is 89.3 Å². The second kappa shape index (κ2) is 10.1. The number of amides is 1. The van der Waals surface area contributed by atoms with E-state index >= 15 is 0 Å². The van der Waals surface area contributed by atoms with Crippen LogP contribution in [0.5, 0.6) is 11.5 Å². The molecular weight excluding hydrogens is 480 g/mol. The molecular formula is C24H25ClN2O6S. The molecule has 0 N–H and O–H groups in total. The summed E-state index contributed by atoms with van der Waals surface area (Å²) in [5.74, 6) is 1.48. The number of ether oxygens (including phenoxy) is 2. The van der Waals surface area contributed by atoms with Crippen molar-refractivity contribution in [2.45, 2.75) is 37.9 Å². The van der Waals surface area contributed by atoms with E-state index in [1.165, 1.54) is 34.8 Å². The first-order chi connectivity index (χ1) is 16.2. The number of carbonyl (C=O) groups is 1. The number of sulfonamides is 1. The summed E-state index contributed by atoms with van der Waals surface area (Å²) in [7, 11) is -3.92. The van der Waals surface area contributed by atoms with Crippen LogP contribution in [0.2, 0.25) is 5.02 Å². The van der Waals surface area contributed by atoms with Crippen LogP contribution in [0.1, 0.15) is 25.2 Å². The monoisotopic (exact) mass is 504 g/mol. The summed E-state index contributed by atoms with van der Waals surface area (Å²) in [5.41, 5.74) is 0.820. The molecule has 0 bridgehead atoms. The molecule has 10 heteroatoms. The molecule has 1 aliphatic heterocycles. The molecule has 4 rings (SSSR count). The van der Waals surface area contributed by atoms with Crippen LogP contribution in [-0.4, -0.2) is 42.9 Å². The molecule has 1 aliphatic rings. The first kappa shape index (κ1) is 24.1. The molecule has 0 unspecified atom stereocenters. The standard InChI is InChI=1S/C24H25ClN2O6S/c1-17(2)27(34(29,30)21-8-6-19(25)7-9-21)15-24(28)26(14-20-4-3-11-31-20)13-18-5-10-22-23(12-18)33-16-32-22/h3-12,17H,13-16H2,1-2H3. The zero-order valence-electron chi connectivity index (χ0n) is 18.8. The van der Waals surface area contributed by atoms with E-state index in [2.05, 4.69) is 0 Å². The maximum Gasteiger partial charge on any atom is 0.243 e. The first-order valence-corrected chi connectivity index (χ1v) is 12.5. The first-order valence-electron chi connectivity index (χ1n) is 10.7. The Hall–Kier alpha value is -3.01. The van der Waals surface area contributed by atoms with Crippen molar-refractivity contribution < 1.29 is 27.1 Å². The van der Waals surface area contributed by atoms with Crippen LogP contribution in [0.4, 0.5) is 0 Å². The molecule has 0 radical (unpaired) electrons. The zero-order valence-corrected chi connectivity index (χ0v) is 20.4. The fourth-order valence-electron chi connectivity index (χ4n) is 3.60. The Bertz CT molecular complexity index is 1240. The van der Waals surface area contributed by atoms with Crippen molar-refractivity contribution in [2.75, 3.05) is 13.3 Å². The van der Waals surface area contributed by atoms with E-state index in [4.69, 9.17) is 25.5 Å². The Labute approximate surface area is 203 Å². The van der Waals surface area contributed by atoms with E-state index in [-0.39, 0.29) is 37.2 Å². The number of halogens is 1. The number of hydrogen-bond donors (Lipinski definition) is 0. The van der Waals surface area contributed by atoms with Crippen LogP contribution in [0, 0.1) is 0 Å². The molecule has 0 fully saturated rings. The summed E-state index contributed by atoms with van der Waals surface area (Å²) >= 11 is 5.91. The van der Waals surface area contributed by atoms with Gasteiger partial charge in [0.1, 0.15) is 5.76 Å². The molecule has 2 heterocycles. The molecule has 34 heavy (non-hydrogen) atoms. The van der Waals surface area contributed by atoms with E-state index < -0.39 is 16.1 Å². The van der Waals surface area contributed by atoms with Gasteiger partial charge in [0.15, 0.2) is 11.5 Å². The minimum Gasteiger partial charge on any atom is -0.467 e. The second-order valence-corrected chi connectivity index (χ2v) is 10.4. The largest absolute Gasteiger partial charge is 0.467 e. The molecule has 0 saturated heterocycles. The summed E-state index contributed by atoms with van der Waals surface area (Å²) in [4.78, 5) is 15.1. The highest BCUT2D eigenvalue weighted by molar-refractivity contribution is 7.89. The highest BCUT2D eigenvalue weighted by atomic mass is 35.5. The van der Waals surface area contributed by atoms with E-state index in [1.807, 2.05) is 12.1 Å². The van der Waals surface area contributed by atoms with Crippen molar-refractivity contribution >= 4 is 27.5 Å². The molecule has 1 aromatic heterocycles. The van der Waals surface area contributed by atoms with Crippen molar-refractivity contribution in [1.82, 2.24) is 9.21 Å². The summed E-state index contributed by atoms with van der Waals surface area (Å²) < 4.78 is 44.1. The quantitative estimate of drug-likeness (QED) is 0.432. The Balaban J connectivity index is 1.58. The molecule has 0 saturated carbocycles. The molecule has 0 spiro atoms. The lowest BCUT2D eigenvalue weighted by Gasteiger charge is -2.29. The number of nitrogens with zero attached hydrogens (tertiary/aromatic N) is 2. The predicted octanol–water partition coefficient (Wildman–Crippen LogP) is 4.29. The molecule has 0 atom stereocenters. The number of hydrogen-bond acceptors (Lipinski definition) is 6. The Morgan fingerprint density at radius 1 is 1.03 bits per heavy atom. The van der Waals surface area contributed by atoms with Crippen molar-refractivity contribution in [3.05, 3.63) is 77.2 Å². The van der Waals surface area contributed by atoms with Gasteiger partial charge in [-0.25, -0.2) is 8.42 Å². The molecule has 2 aromatic carbocycles. The fourth-order valence-corrected chi connectivity index (χ4v) is 5.32. The number of benzene rings is 2. The van der Waals surface area contributed by atoms with Gasteiger partial charge in [0, 0.05) is 17.6 Å². The van der Waals surface area contributed by atoms with Crippen LogP contribution in [0.3, 0.4) is 0 Å². The van der Waals surface area contributed by atoms with Gasteiger partial charge in [0.25, 0.3) is 0 Å². The van der Waals surface area contributed by atoms with E-state index in [9.17, 15) is 13.2 Å². The SMILES string of the molecule is CC(C)N(CC(=O)N(Cc1ccc2c(c1)OCO2)Cc1ccco1)S(=O)(=O)c1ccc(Cl)cc1. The third kappa shape index (κ3) is 5.38. The number of furan rings is 1. The van der Waals surface area contributed by atoms with Gasteiger partial charge in [-0.2, -0.15) is 4.31 Å². The van der Waals surface area contributed by atoms with Gasteiger partial charge in [-0.3, -0.25) is 4.79 Å². The van der Waals surface area contributed by atoms with Gasteiger partial charge in [-0.15, -0.1) is 0 Å². The highest BCUT2D eigenvalue weighted by Crippen LogP contribution is 2.33. The van der Waals surface area contributed by atoms with Crippen LogP contribution >= 0.6 is 11.6 Å². The molecule has 180 valence electrons. The van der Waals surface area contributed by atoms with Crippen molar-refractivity contribution in [1.29, 1.82) is 0 Å². The minimum atomic E-state index is -3.92. The summed E-state index contributed by atoms with van der Waals surface area (Å²) in [6.07, 6.45) is 1.53. The van der Waals surface area contributed by atoms with Gasteiger partial charge in [0.05, 0.1) is 24.2 Å². The van der Waals surface area contributed by atoms with Crippen LogP contribution in [0.25, 0.3) is 0 Å². The van der Waals surface area contributed by atoms with Gasteiger partial charge in [0.2, 0.25) is 22.7 Å². The van der Waals surface area contributed by atoms with E-state index in [1.54, 1.807) is 36.9 Å². The Morgan fingerprint density at radius 2 is 1.76 bits per heavy atom. The maximum atomic E-state index is 13.5. The van der Waals surface area contributed by atoms with Gasteiger partial charge >= 0.3 is 0 Å². The predicted molar refractivity (Wildman–Crippen MR) is 126 cm³/mol. The molecule has 1 amide bonds. The minimum absolute atomic E-state index is 0.0757. The zero-order chi connectivity index (χ0) is 24.3. The van der Waals surface area contributed by atoms with Crippen LogP contribution < -0.4 is 9.47 Å². The lowest BCUT2D eigenvalue weighted by Crippen LogP contribution is -2.45. The van der Waals surface area contributed by atoms with Gasteiger partial charge < -0.3 is 18.8 Å². The maximum absolute atomic E-state index is 13.5. The van der Waals surface area contributed by atoms with Crippen LogP contribution in [-0.2, 0) is 27.9 Å². The summed E-state index contributed by atoms with van der Waals surface area (Å²) in [5, 5.41) is 0.430. The van der Waals surface area contributed by atoms with Crippen molar-refractivity contribution in [3.8, 4) is 11.5 Å². The molecule has 8 nitrogen and oxygen atoms in total. The average molecular weight is 505 g/mol. The number of rotatable bonds is 9. The second-order valence-electron chi connectivity index (χ2n) is 8.11. The van der Waals surface area contributed by atoms with E-state index in [0.29, 0.717) is 22.3 Å². The molecule has 0 aliphatic carbocycles. The summed E-state index contributed by atoms with van der Waals surface area (Å²) in [6, 6.07) is 14.4. The highest BCUT2D eigenvalue weighted by Gasteiger charge is 2.31. The molecule has 3 aromatic rings. The van der Waals surface area contributed by atoms with Gasteiger partial charge in [-0.05, 0) is 67.9 Å². The Morgan fingerprint density at radius 3 is 2.44 bits per heavy atom. The third-order valence-electron chi connectivity index (χ3n) is 5.38. The lowest BCUT2D eigenvalue weighted by atomic mass is 10.2. The number of fused-ring (bicyclic) bond motifs is 1. The van der Waals surface area contributed by atoms with E-state index in [0.717, 1.165) is 5.56 Å². The van der Waals surface area contributed by atoms with Gasteiger partial charge in [-0.1, -0.05) is 17.7 Å². The Kier molecular flexibility index (Phi) is 7.16. The van der Waals surface area contributed by atoms with Crippen molar-refractivity contribution in [2.24, 2.45) is 0 Å².